The topological polar surface area (TPSA) is 25.8 Å². The molecule has 21 heavy (non-hydrogen) atoms. The molecule has 0 saturated carbocycles. The van der Waals surface area contributed by atoms with E-state index < -0.39 is 0 Å². The van der Waals surface area contributed by atoms with Crippen LogP contribution in [0.25, 0.3) is 22.6 Å². The normalized spacial score (nSPS) is 10.6. The van der Waals surface area contributed by atoms with Crippen molar-refractivity contribution in [3.63, 3.8) is 0 Å². The molecule has 0 spiro atoms. The molecule has 3 rings (SSSR count). The van der Waals surface area contributed by atoms with E-state index in [1.807, 2.05) is 36.4 Å². The van der Waals surface area contributed by atoms with Gasteiger partial charge in [-0.05, 0) is 31.0 Å². The Morgan fingerprint density at radius 2 is 1.52 bits per heavy atom. The molecule has 3 heteroatoms. The Labute approximate surface area is 129 Å². The van der Waals surface area contributed by atoms with E-state index in [-0.39, 0.29) is 0 Å². The summed E-state index contributed by atoms with van der Waals surface area (Å²) in [6, 6.07) is 18.0. The molecule has 0 aliphatic heterocycles. The average Bonchev–Trinajstić information content (AvgIpc) is 2.50. The van der Waals surface area contributed by atoms with Gasteiger partial charge in [-0.1, -0.05) is 54.1 Å². The van der Waals surface area contributed by atoms with Crippen LogP contribution < -0.4 is 0 Å². The second kappa shape index (κ2) is 5.66. The average molecular weight is 295 g/mol. The summed E-state index contributed by atoms with van der Waals surface area (Å²) in [5, 5.41) is 0.456. The number of rotatable bonds is 2. The van der Waals surface area contributed by atoms with Gasteiger partial charge in [0, 0.05) is 17.2 Å². The summed E-state index contributed by atoms with van der Waals surface area (Å²) in [6.45, 7) is 4.18. The van der Waals surface area contributed by atoms with E-state index in [0.717, 1.165) is 16.8 Å². The highest BCUT2D eigenvalue weighted by molar-refractivity contribution is 6.29. The Balaban J connectivity index is 2.11. The third-order valence-corrected chi connectivity index (χ3v) is 3.72. The molecule has 3 aromatic rings. The van der Waals surface area contributed by atoms with E-state index in [1.165, 1.54) is 11.1 Å². The Morgan fingerprint density at radius 3 is 2.24 bits per heavy atom. The van der Waals surface area contributed by atoms with Gasteiger partial charge in [-0.25, -0.2) is 9.97 Å². The van der Waals surface area contributed by atoms with Gasteiger partial charge >= 0.3 is 0 Å². The third kappa shape index (κ3) is 2.96. The van der Waals surface area contributed by atoms with Crippen LogP contribution in [0, 0.1) is 13.8 Å². The van der Waals surface area contributed by atoms with Crippen LogP contribution in [0.4, 0.5) is 0 Å². The quantitative estimate of drug-likeness (QED) is 0.616. The second-order valence-electron chi connectivity index (χ2n) is 5.06. The van der Waals surface area contributed by atoms with E-state index >= 15 is 0 Å². The standard InChI is InChI=1S/C18H15ClN2/c1-12-8-9-15(10-13(12)2)18-20-16(11-17(19)21-18)14-6-4-3-5-7-14/h3-11H,1-2H3. The summed E-state index contributed by atoms with van der Waals surface area (Å²) >= 11 is 6.17. The van der Waals surface area contributed by atoms with Gasteiger partial charge < -0.3 is 0 Å². The van der Waals surface area contributed by atoms with Gasteiger partial charge in [0.25, 0.3) is 0 Å². The molecule has 0 fully saturated rings. The highest BCUT2D eigenvalue weighted by atomic mass is 35.5. The lowest BCUT2D eigenvalue weighted by molar-refractivity contribution is 1.17. The minimum atomic E-state index is 0.456. The number of hydrogen-bond acceptors (Lipinski definition) is 2. The zero-order valence-electron chi connectivity index (χ0n) is 12.0. The smallest absolute Gasteiger partial charge is 0.161 e. The van der Waals surface area contributed by atoms with Crippen LogP contribution in [0.2, 0.25) is 5.15 Å². The Kier molecular flexibility index (Phi) is 3.72. The molecule has 2 nitrogen and oxygen atoms in total. The van der Waals surface area contributed by atoms with Crippen molar-refractivity contribution in [2.45, 2.75) is 13.8 Å². The van der Waals surface area contributed by atoms with Crippen LogP contribution in [0.3, 0.4) is 0 Å². The van der Waals surface area contributed by atoms with Crippen molar-refractivity contribution in [3.05, 3.63) is 70.9 Å². The molecular formula is C18H15ClN2. The summed E-state index contributed by atoms with van der Waals surface area (Å²) in [5.41, 5.74) is 5.33. The molecule has 0 aliphatic rings. The first kappa shape index (κ1) is 13.8. The molecule has 0 unspecified atom stereocenters. The molecule has 2 aromatic carbocycles. The molecule has 1 heterocycles. The van der Waals surface area contributed by atoms with Crippen molar-refractivity contribution in [2.75, 3.05) is 0 Å². The zero-order valence-corrected chi connectivity index (χ0v) is 12.7. The van der Waals surface area contributed by atoms with Crippen molar-refractivity contribution in [1.82, 2.24) is 9.97 Å². The largest absolute Gasteiger partial charge is 0.228 e. The fourth-order valence-corrected chi connectivity index (χ4v) is 2.37. The molecule has 0 atom stereocenters. The highest BCUT2D eigenvalue weighted by Crippen LogP contribution is 2.25. The first-order chi connectivity index (χ1) is 10.1. The minimum absolute atomic E-state index is 0.456. The van der Waals surface area contributed by atoms with Crippen LogP contribution in [-0.2, 0) is 0 Å². The first-order valence-electron chi connectivity index (χ1n) is 6.81. The van der Waals surface area contributed by atoms with E-state index in [2.05, 4.69) is 35.9 Å². The predicted molar refractivity (Wildman–Crippen MR) is 87.4 cm³/mol. The third-order valence-electron chi connectivity index (χ3n) is 3.53. The highest BCUT2D eigenvalue weighted by Gasteiger charge is 2.08. The number of benzene rings is 2. The Bertz CT molecular complexity index is 782. The number of aryl methyl sites for hydroxylation is 2. The van der Waals surface area contributed by atoms with Gasteiger partial charge in [-0.15, -0.1) is 0 Å². The molecule has 0 radical (unpaired) electrons. The summed E-state index contributed by atoms with van der Waals surface area (Å²) in [6.07, 6.45) is 0. The maximum atomic E-state index is 6.17. The fraction of sp³-hybridized carbons (Fsp3) is 0.111. The van der Waals surface area contributed by atoms with Gasteiger partial charge in [0.2, 0.25) is 0 Å². The van der Waals surface area contributed by atoms with Crippen molar-refractivity contribution in [1.29, 1.82) is 0 Å². The molecule has 0 aliphatic carbocycles. The molecular weight excluding hydrogens is 280 g/mol. The van der Waals surface area contributed by atoms with Crippen LogP contribution in [0.1, 0.15) is 11.1 Å². The fourth-order valence-electron chi connectivity index (χ4n) is 2.18. The van der Waals surface area contributed by atoms with Crippen molar-refractivity contribution >= 4 is 11.6 Å². The summed E-state index contributed by atoms with van der Waals surface area (Å²) in [7, 11) is 0. The molecule has 1 aromatic heterocycles. The maximum Gasteiger partial charge on any atom is 0.161 e. The van der Waals surface area contributed by atoms with Gasteiger partial charge in [0.1, 0.15) is 5.15 Å². The lowest BCUT2D eigenvalue weighted by Gasteiger charge is -2.07. The maximum absolute atomic E-state index is 6.17. The van der Waals surface area contributed by atoms with Crippen molar-refractivity contribution in [2.24, 2.45) is 0 Å². The van der Waals surface area contributed by atoms with E-state index in [1.54, 1.807) is 6.07 Å². The minimum Gasteiger partial charge on any atom is -0.228 e. The SMILES string of the molecule is Cc1ccc(-c2nc(Cl)cc(-c3ccccc3)n2)cc1C. The monoisotopic (exact) mass is 294 g/mol. The second-order valence-corrected chi connectivity index (χ2v) is 5.45. The van der Waals surface area contributed by atoms with Crippen LogP contribution in [0.15, 0.2) is 54.6 Å². The molecule has 0 saturated heterocycles. The van der Waals surface area contributed by atoms with Gasteiger partial charge in [-0.3, -0.25) is 0 Å². The van der Waals surface area contributed by atoms with Gasteiger partial charge in [0.15, 0.2) is 5.82 Å². The first-order valence-corrected chi connectivity index (χ1v) is 7.19. The van der Waals surface area contributed by atoms with E-state index in [9.17, 15) is 0 Å². The molecule has 0 bridgehead atoms. The van der Waals surface area contributed by atoms with Gasteiger partial charge in [-0.2, -0.15) is 0 Å². The summed E-state index contributed by atoms with van der Waals surface area (Å²) in [5.74, 6) is 0.657. The lowest BCUT2D eigenvalue weighted by Crippen LogP contribution is -1.94. The summed E-state index contributed by atoms with van der Waals surface area (Å²) in [4.78, 5) is 9.00. The molecule has 0 amide bonds. The lowest BCUT2D eigenvalue weighted by atomic mass is 10.1. The predicted octanol–water partition coefficient (Wildman–Crippen LogP) is 5.08. The summed E-state index contributed by atoms with van der Waals surface area (Å²) < 4.78 is 0. The van der Waals surface area contributed by atoms with Crippen molar-refractivity contribution in [3.8, 4) is 22.6 Å². The number of halogens is 1. The van der Waals surface area contributed by atoms with E-state index in [0.29, 0.717) is 11.0 Å². The van der Waals surface area contributed by atoms with Crippen molar-refractivity contribution < 1.29 is 0 Å². The molecule has 104 valence electrons. The molecule has 0 N–H and O–H groups in total. The van der Waals surface area contributed by atoms with Crippen LogP contribution >= 0.6 is 11.6 Å². The number of aromatic nitrogens is 2. The van der Waals surface area contributed by atoms with Gasteiger partial charge in [0.05, 0.1) is 5.69 Å². The number of hydrogen-bond donors (Lipinski definition) is 0. The number of nitrogens with zero attached hydrogens (tertiary/aromatic N) is 2. The Morgan fingerprint density at radius 1 is 0.762 bits per heavy atom. The van der Waals surface area contributed by atoms with E-state index in [4.69, 9.17) is 11.6 Å². The van der Waals surface area contributed by atoms with Crippen LogP contribution in [0.5, 0.6) is 0 Å². The van der Waals surface area contributed by atoms with Crippen LogP contribution in [-0.4, -0.2) is 9.97 Å². The zero-order chi connectivity index (χ0) is 14.8. The Hall–Kier alpha value is -2.19.